The molecule has 0 N–H and O–H groups in total. The predicted molar refractivity (Wildman–Crippen MR) is 73.1 cm³/mol. The molecule has 0 radical (unpaired) electrons. The second-order valence-electron chi connectivity index (χ2n) is 4.42. The van der Waals surface area contributed by atoms with Crippen LogP contribution in [0, 0.1) is 13.8 Å². The second kappa shape index (κ2) is 4.58. The highest BCUT2D eigenvalue weighted by Gasteiger charge is 2.14. The van der Waals surface area contributed by atoms with Crippen molar-refractivity contribution in [2.24, 2.45) is 7.05 Å². The molecular weight excluding hydrogens is 248 g/mol. The number of Topliss-reactive ketones (excluding diaryl/α,β-unsaturated/α-hetero) is 1. The molecular formula is C14H15ClN2O. The molecule has 1 heterocycles. The molecule has 94 valence electrons. The first kappa shape index (κ1) is 12.8. The third-order valence-corrected chi connectivity index (χ3v) is 3.46. The maximum absolute atomic E-state index is 11.4. The molecule has 0 aliphatic rings. The maximum Gasteiger partial charge on any atom is 0.161 e. The average molecular weight is 263 g/mol. The smallest absolute Gasteiger partial charge is 0.161 e. The van der Waals surface area contributed by atoms with E-state index in [0.717, 1.165) is 22.5 Å². The van der Waals surface area contributed by atoms with Crippen LogP contribution in [0.2, 0.25) is 5.02 Å². The van der Waals surface area contributed by atoms with Crippen molar-refractivity contribution >= 4 is 17.4 Å². The van der Waals surface area contributed by atoms with Gasteiger partial charge < -0.3 is 0 Å². The van der Waals surface area contributed by atoms with Crippen LogP contribution < -0.4 is 0 Å². The number of aromatic nitrogens is 2. The Morgan fingerprint density at radius 2 is 2.00 bits per heavy atom. The van der Waals surface area contributed by atoms with Crippen molar-refractivity contribution < 1.29 is 4.79 Å². The van der Waals surface area contributed by atoms with Crippen molar-refractivity contribution in [2.45, 2.75) is 20.8 Å². The zero-order valence-electron chi connectivity index (χ0n) is 10.9. The number of hydrogen-bond donors (Lipinski definition) is 0. The highest BCUT2D eigenvalue weighted by atomic mass is 35.5. The molecule has 1 aromatic carbocycles. The highest BCUT2D eigenvalue weighted by Crippen LogP contribution is 2.30. The molecule has 0 atom stereocenters. The van der Waals surface area contributed by atoms with Gasteiger partial charge in [-0.05, 0) is 38.5 Å². The highest BCUT2D eigenvalue weighted by molar-refractivity contribution is 6.34. The number of carbonyl (C=O) groups is 1. The van der Waals surface area contributed by atoms with Gasteiger partial charge in [0.1, 0.15) is 0 Å². The first-order chi connectivity index (χ1) is 8.41. The second-order valence-corrected chi connectivity index (χ2v) is 4.83. The number of aryl methyl sites for hydroxylation is 2. The Bertz CT molecular complexity index is 629. The van der Waals surface area contributed by atoms with Gasteiger partial charge in [-0.2, -0.15) is 5.10 Å². The van der Waals surface area contributed by atoms with Gasteiger partial charge in [-0.15, -0.1) is 0 Å². The number of hydrogen-bond acceptors (Lipinski definition) is 2. The zero-order chi connectivity index (χ0) is 13.4. The van der Waals surface area contributed by atoms with Crippen LogP contribution in [-0.4, -0.2) is 15.6 Å². The molecule has 18 heavy (non-hydrogen) atoms. The maximum atomic E-state index is 11.4. The van der Waals surface area contributed by atoms with E-state index >= 15 is 0 Å². The van der Waals surface area contributed by atoms with E-state index in [9.17, 15) is 4.79 Å². The van der Waals surface area contributed by atoms with Gasteiger partial charge in [0.05, 0.1) is 10.7 Å². The molecule has 3 nitrogen and oxygen atoms in total. The van der Waals surface area contributed by atoms with E-state index in [0.29, 0.717) is 10.6 Å². The molecule has 0 spiro atoms. The minimum absolute atomic E-state index is 0.0221. The lowest BCUT2D eigenvalue weighted by molar-refractivity contribution is 0.101. The van der Waals surface area contributed by atoms with Gasteiger partial charge in [-0.25, -0.2) is 0 Å². The molecule has 0 saturated heterocycles. The lowest BCUT2D eigenvalue weighted by atomic mass is 10.0. The van der Waals surface area contributed by atoms with Crippen LogP contribution in [-0.2, 0) is 7.05 Å². The molecule has 4 heteroatoms. The summed E-state index contributed by atoms with van der Waals surface area (Å²) in [7, 11) is 1.91. The molecule has 2 aromatic rings. The molecule has 1 aromatic heterocycles. The summed E-state index contributed by atoms with van der Waals surface area (Å²) < 4.78 is 1.84. The van der Waals surface area contributed by atoms with E-state index in [-0.39, 0.29) is 5.78 Å². The van der Waals surface area contributed by atoms with Gasteiger partial charge in [-0.1, -0.05) is 17.7 Å². The zero-order valence-corrected chi connectivity index (χ0v) is 11.7. The first-order valence-electron chi connectivity index (χ1n) is 5.73. The summed E-state index contributed by atoms with van der Waals surface area (Å²) in [6.07, 6.45) is 0. The fourth-order valence-electron chi connectivity index (χ4n) is 2.15. The average Bonchev–Trinajstić information content (AvgIpc) is 2.52. The number of benzene rings is 1. The molecule has 0 amide bonds. The van der Waals surface area contributed by atoms with Crippen molar-refractivity contribution in [3.63, 3.8) is 0 Å². The predicted octanol–water partition coefficient (Wildman–Crippen LogP) is 3.56. The Morgan fingerprint density at radius 1 is 1.33 bits per heavy atom. The fourth-order valence-corrected chi connectivity index (χ4v) is 2.46. The van der Waals surface area contributed by atoms with Crippen LogP contribution in [0.1, 0.15) is 28.7 Å². The summed E-state index contributed by atoms with van der Waals surface area (Å²) in [6.45, 7) is 5.50. The van der Waals surface area contributed by atoms with Crippen LogP contribution >= 0.6 is 11.6 Å². The van der Waals surface area contributed by atoms with Gasteiger partial charge in [-0.3, -0.25) is 9.48 Å². The summed E-state index contributed by atoms with van der Waals surface area (Å²) in [5.74, 6) is -0.0221. The van der Waals surface area contributed by atoms with Crippen molar-refractivity contribution in [1.82, 2.24) is 9.78 Å². The largest absolute Gasteiger partial charge is 0.294 e. The third-order valence-electron chi connectivity index (χ3n) is 3.15. The summed E-state index contributed by atoms with van der Waals surface area (Å²) >= 11 is 6.14. The quantitative estimate of drug-likeness (QED) is 0.776. The van der Waals surface area contributed by atoms with Crippen LogP contribution in [0.5, 0.6) is 0 Å². The van der Waals surface area contributed by atoms with E-state index in [2.05, 4.69) is 5.10 Å². The Kier molecular flexibility index (Phi) is 3.26. The molecule has 0 saturated carbocycles. The monoisotopic (exact) mass is 262 g/mol. The van der Waals surface area contributed by atoms with E-state index in [4.69, 9.17) is 11.6 Å². The van der Waals surface area contributed by atoms with Crippen LogP contribution in [0.25, 0.3) is 11.1 Å². The number of carbonyl (C=O) groups excluding carboxylic acids is 1. The van der Waals surface area contributed by atoms with E-state index in [1.165, 1.54) is 6.92 Å². The number of nitrogens with zero attached hydrogens (tertiary/aromatic N) is 2. The van der Waals surface area contributed by atoms with E-state index in [1.54, 1.807) is 6.07 Å². The standard InChI is InChI=1S/C14H15ClN2O/c1-8-14(9(2)17(4)16-8)11-5-6-12(10(3)18)13(15)7-11/h5-7H,1-4H3. The van der Waals surface area contributed by atoms with Gasteiger partial charge >= 0.3 is 0 Å². The summed E-state index contributed by atoms with van der Waals surface area (Å²) in [5, 5.41) is 4.87. The molecule has 0 unspecified atom stereocenters. The molecule has 0 aliphatic carbocycles. The third kappa shape index (κ3) is 2.06. The lowest BCUT2D eigenvalue weighted by Gasteiger charge is -2.06. The van der Waals surface area contributed by atoms with Crippen molar-refractivity contribution in [3.8, 4) is 11.1 Å². The van der Waals surface area contributed by atoms with Gasteiger partial charge in [0.15, 0.2) is 5.78 Å². The van der Waals surface area contributed by atoms with Crippen LogP contribution in [0.15, 0.2) is 18.2 Å². The Hall–Kier alpha value is -1.61. The Labute approximate surface area is 111 Å². The molecule has 2 rings (SSSR count). The topological polar surface area (TPSA) is 34.9 Å². The summed E-state index contributed by atoms with van der Waals surface area (Å²) in [6, 6.07) is 5.51. The van der Waals surface area contributed by atoms with E-state index in [1.807, 2.05) is 37.7 Å². The van der Waals surface area contributed by atoms with Crippen molar-refractivity contribution in [2.75, 3.05) is 0 Å². The number of ketones is 1. The van der Waals surface area contributed by atoms with Crippen LogP contribution in [0.3, 0.4) is 0 Å². The number of rotatable bonds is 2. The fraction of sp³-hybridized carbons (Fsp3) is 0.286. The minimum Gasteiger partial charge on any atom is -0.294 e. The molecule has 0 fully saturated rings. The van der Waals surface area contributed by atoms with Crippen molar-refractivity contribution in [1.29, 1.82) is 0 Å². The van der Waals surface area contributed by atoms with Gasteiger partial charge in [0.25, 0.3) is 0 Å². The van der Waals surface area contributed by atoms with Gasteiger partial charge in [0.2, 0.25) is 0 Å². The first-order valence-corrected chi connectivity index (χ1v) is 6.10. The van der Waals surface area contributed by atoms with Crippen molar-refractivity contribution in [3.05, 3.63) is 40.2 Å². The normalized spacial score (nSPS) is 10.7. The van der Waals surface area contributed by atoms with Gasteiger partial charge in [0, 0.05) is 23.9 Å². The van der Waals surface area contributed by atoms with E-state index < -0.39 is 0 Å². The summed E-state index contributed by atoms with van der Waals surface area (Å²) in [4.78, 5) is 11.4. The Balaban J connectivity index is 2.59. The molecule has 0 bridgehead atoms. The minimum atomic E-state index is -0.0221. The molecule has 0 aliphatic heterocycles. The Morgan fingerprint density at radius 3 is 2.44 bits per heavy atom. The number of halogens is 1. The lowest BCUT2D eigenvalue weighted by Crippen LogP contribution is -1.94. The van der Waals surface area contributed by atoms with Crippen LogP contribution in [0.4, 0.5) is 0 Å². The summed E-state index contributed by atoms with van der Waals surface area (Å²) in [5.41, 5.74) is 4.67. The SMILES string of the molecule is CC(=O)c1ccc(-c2c(C)nn(C)c2C)cc1Cl.